The lowest BCUT2D eigenvalue weighted by Gasteiger charge is -2.11. The van der Waals surface area contributed by atoms with Crippen molar-refractivity contribution in [2.45, 2.75) is 27.2 Å². The Kier molecular flexibility index (Phi) is 3.99. The number of aromatic nitrogens is 2. The molecule has 0 aromatic carbocycles. The molecule has 0 saturated carbocycles. The number of hydrogen-bond donors (Lipinski definition) is 2. The van der Waals surface area contributed by atoms with Gasteiger partial charge in [-0.05, 0) is 18.4 Å². The highest BCUT2D eigenvalue weighted by atomic mass is 32.1. The summed E-state index contributed by atoms with van der Waals surface area (Å²) in [5, 5.41) is 13.3. The van der Waals surface area contributed by atoms with Crippen LogP contribution in [-0.4, -0.2) is 27.6 Å². The van der Waals surface area contributed by atoms with Gasteiger partial charge in [0.25, 0.3) is 0 Å². The Labute approximate surface area is 115 Å². The zero-order valence-electron chi connectivity index (χ0n) is 11.2. The van der Waals surface area contributed by atoms with Crippen molar-refractivity contribution in [3.63, 3.8) is 0 Å². The molecule has 0 radical (unpaired) electrons. The Balaban J connectivity index is 2.41. The van der Waals surface area contributed by atoms with Crippen molar-refractivity contribution >= 4 is 33.3 Å². The smallest absolute Gasteiger partial charge is 0.346 e. The number of nitrogens with zero attached hydrogens (tertiary/aromatic N) is 2. The van der Waals surface area contributed by atoms with Crippen molar-refractivity contribution in [2.24, 2.45) is 5.92 Å². The van der Waals surface area contributed by atoms with Gasteiger partial charge in [0.15, 0.2) is 0 Å². The Hall–Kier alpha value is -1.69. The molecule has 0 aliphatic carbocycles. The van der Waals surface area contributed by atoms with Gasteiger partial charge in [0.1, 0.15) is 21.9 Å². The van der Waals surface area contributed by atoms with Crippen LogP contribution in [0.1, 0.15) is 35.5 Å². The van der Waals surface area contributed by atoms with E-state index in [0.717, 1.165) is 34.6 Å². The average Bonchev–Trinajstić information content (AvgIpc) is 2.74. The first kappa shape index (κ1) is 13.7. The first-order valence-corrected chi connectivity index (χ1v) is 7.07. The lowest BCUT2D eigenvalue weighted by atomic mass is 10.1. The lowest BCUT2D eigenvalue weighted by Crippen LogP contribution is -2.11. The monoisotopic (exact) mass is 279 g/mol. The number of aromatic carboxylic acids is 1. The third kappa shape index (κ3) is 2.68. The number of fused-ring (bicyclic) bond motifs is 1. The molecule has 0 bridgehead atoms. The number of carboxylic acids is 1. The average molecular weight is 279 g/mol. The second-order valence-electron chi connectivity index (χ2n) is 4.66. The molecule has 1 atom stereocenters. The van der Waals surface area contributed by atoms with Gasteiger partial charge in [-0.2, -0.15) is 0 Å². The molecule has 0 amide bonds. The molecule has 1 unspecified atom stereocenters. The molecule has 2 N–H and O–H groups in total. The summed E-state index contributed by atoms with van der Waals surface area (Å²) in [5.74, 6) is 0.364. The van der Waals surface area contributed by atoms with E-state index in [1.54, 1.807) is 6.92 Å². The third-order valence-electron chi connectivity index (χ3n) is 3.24. The number of rotatable bonds is 5. The highest BCUT2D eigenvalue weighted by molar-refractivity contribution is 7.20. The highest BCUT2D eigenvalue weighted by Gasteiger charge is 2.18. The van der Waals surface area contributed by atoms with Crippen LogP contribution < -0.4 is 5.32 Å². The summed E-state index contributed by atoms with van der Waals surface area (Å²) in [6.45, 7) is 6.93. The van der Waals surface area contributed by atoms with E-state index in [9.17, 15) is 4.79 Å². The first-order chi connectivity index (χ1) is 9.04. The second-order valence-corrected chi connectivity index (χ2v) is 5.66. The van der Waals surface area contributed by atoms with Crippen molar-refractivity contribution < 1.29 is 9.90 Å². The fourth-order valence-corrected chi connectivity index (χ4v) is 2.81. The summed E-state index contributed by atoms with van der Waals surface area (Å²) < 4.78 is 0. The zero-order valence-corrected chi connectivity index (χ0v) is 12.0. The van der Waals surface area contributed by atoms with Crippen LogP contribution in [0.25, 0.3) is 10.2 Å². The van der Waals surface area contributed by atoms with Crippen LogP contribution in [0.4, 0.5) is 5.82 Å². The molecule has 2 heterocycles. The van der Waals surface area contributed by atoms with Gasteiger partial charge in [0.2, 0.25) is 0 Å². The van der Waals surface area contributed by atoms with Gasteiger partial charge >= 0.3 is 5.97 Å². The maximum atomic E-state index is 11.2. The van der Waals surface area contributed by atoms with E-state index in [-0.39, 0.29) is 0 Å². The number of hydrogen-bond acceptors (Lipinski definition) is 5. The normalized spacial score (nSPS) is 12.6. The summed E-state index contributed by atoms with van der Waals surface area (Å²) in [4.78, 5) is 20.6. The van der Waals surface area contributed by atoms with Crippen LogP contribution in [-0.2, 0) is 0 Å². The minimum atomic E-state index is -0.909. The fourth-order valence-electron chi connectivity index (χ4n) is 1.82. The first-order valence-electron chi connectivity index (χ1n) is 6.25. The quantitative estimate of drug-likeness (QED) is 0.879. The van der Waals surface area contributed by atoms with Crippen molar-refractivity contribution in [3.05, 3.63) is 16.8 Å². The molecule has 0 aliphatic heterocycles. The van der Waals surface area contributed by atoms with Crippen LogP contribution in [0.2, 0.25) is 0 Å². The summed E-state index contributed by atoms with van der Waals surface area (Å²) >= 11 is 1.20. The topological polar surface area (TPSA) is 75.1 Å². The summed E-state index contributed by atoms with van der Waals surface area (Å²) in [7, 11) is 0. The lowest BCUT2D eigenvalue weighted by molar-refractivity contribution is 0.0701. The van der Waals surface area contributed by atoms with Crippen molar-refractivity contribution in [1.29, 1.82) is 0 Å². The molecule has 0 spiro atoms. The van der Waals surface area contributed by atoms with Crippen LogP contribution in [0.5, 0.6) is 0 Å². The highest BCUT2D eigenvalue weighted by Crippen LogP contribution is 2.33. The van der Waals surface area contributed by atoms with Crippen LogP contribution in [0.15, 0.2) is 6.33 Å². The number of carboxylic acid groups (broad SMARTS) is 1. The fraction of sp³-hybridized carbons (Fsp3) is 0.462. The van der Waals surface area contributed by atoms with E-state index in [1.165, 1.54) is 17.7 Å². The zero-order chi connectivity index (χ0) is 14.0. The molecule has 6 heteroatoms. The molecular formula is C13H17N3O2S. The number of nitrogens with one attached hydrogen (secondary N) is 1. The standard InChI is InChI=1S/C13H17N3O2S/c1-4-7(2)5-14-11-9-8(3)10(13(17)18)19-12(9)16-6-15-11/h6-7H,4-5H2,1-3H3,(H,17,18)(H,14,15,16). The van der Waals surface area contributed by atoms with Gasteiger partial charge < -0.3 is 10.4 Å². The largest absolute Gasteiger partial charge is 0.477 e. The summed E-state index contributed by atoms with van der Waals surface area (Å²) in [5.41, 5.74) is 0.736. The van der Waals surface area contributed by atoms with E-state index < -0.39 is 5.97 Å². The van der Waals surface area contributed by atoms with Gasteiger partial charge in [-0.3, -0.25) is 0 Å². The molecule has 5 nitrogen and oxygen atoms in total. The maximum absolute atomic E-state index is 11.2. The number of aryl methyl sites for hydroxylation is 1. The Morgan fingerprint density at radius 1 is 1.53 bits per heavy atom. The van der Waals surface area contributed by atoms with Crippen LogP contribution in [0, 0.1) is 12.8 Å². The molecule has 102 valence electrons. The van der Waals surface area contributed by atoms with E-state index in [2.05, 4.69) is 29.1 Å². The number of anilines is 1. The molecular weight excluding hydrogens is 262 g/mol. The van der Waals surface area contributed by atoms with E-state index in [4.69, 9.17) is 5.11 Å². The number of carbonyl (C=O) groups is 1. The predicted octanol–water partition coefficient (Wildman–Crippen LogP) is 3.16. The van der Waals surface area contributed by atoms with Crippen LogP contribution >= 0.6 is 11.3 Å². The second kappa shape index (κ2) is 5.52. The molecule has 2 aromatic heterocycles. The van der Waals surface area contributed by atoms with E-state index in [1.807, 2.05) is 0 Å². The van der Waals surface area contributed by atoms with E-state index in [0.29, 0.717) is 10.8 Å². The van der Waals surface area contributed by atoms with Gasteiger partial charge in [-0.15, -0.1) is 11.3 Å². The third-order valence-corrected chi connectivity index (χ3v) is 4.42. The minimum absolute atomic E-state index is 0.335. The van der Waals surface area contributed by atoms with Gasteiger partial charge in [0, 0.05) is 6.54 Å². The van der Waals surface area contributed by atoms with Crippen molar-refractivity contribution in [2.75, 3.05) is 11.9 Å². The van der Waals surface area contributed by atoms with Crippen molar-refractivity contribution in [1.82, 2.24) is 9.97 Å². The SMILES string of the molecule is CCC(C)CNc1ncnc2sc(C(=O)O)c(C)c12. The van der Waals surface area contributed by atoms with Crippen LogP contribution in [0.3, 0.4) is 0 Å². The summed E-state index contributed by atoms with van der Waals surface area (Å²) in [6.07, 6.45) is 2.56. The Morgan fingerprint density at radius 2 is 2.26 bits per heavy atom. The molecule has 0 fully saturated rings. The molecule has 19 heavy (non-hydrogen) atoms. The Bertz CT molecular complexity index is 609. The predicted molar refractivity (Wildman–Crippen MR) is 77.1 cm³/mol. The molecule has 0 saturated heterocycles. The van der Waals surface area contributed by atoms with Crippen molar-refractivity contribution in [3.8, 4) is 0 Å². The summed E-state index contributed by atoms with van der Waals surface area (Å²) in [6, 6.07) is 0. The van der Waals surface area contributed by atoms with Gasteiger partial charge in [0.05, 0.1) is 5.39 Å². The molecule has 0 aliphatic rings. The molecule has 2 rings (SSSR count). The molecule has 2 aromatic rings. The van der Waals surface area contributed by atoms with Gasteiger partial charge in [-0.25, -0.2) is 14.8 Å². The van der Waals surface area contributed by atoms with Gasteiger partial charge in [-0.1, -0.05) is 20.3 Å². The number of thiophene rings is 1. The van der Waals surface area contributed by atoms with E-state index >= 15 is 0 Å². The Morgan fingerprint density at radius 3 is 2.89 bits per heavy atom. The maximum Gasteiger partial charge on any atom is 0.346 e. The minimum Gasteiger partial charge on any atom is -0.477 e.